The molecule has 1 aliphatic rings. The van der Waals surface area contributed by atoms with Crippen LogP contribution < -0.4 is 5.73 Å². The van der Waals surface area contributed by atoms with E-state index in [9.17, 15) is 13.2 Å². The molecule has 3 N–H and O–H groups in total. The Labute approximate surface area is 151 Å². The molecule has 2 atom stereocenters. The molecule has 0 saturated carbocycles. The number of H-pyrrole nitrogens is 1. The van der Waals surface area contributed by atoms with Crippen molar-refractivity contribution in [2.45, 2.75) is 32.1 Å². The molecule has 2 aromatic rings. The Hall–Kier alpha value is -1.57. The number of hydrogen-bond donors (Lipinski definition) is 2. The van der Waals surface area contributed by atoms with Crippen LogP contribution in [-0.4, -0.2) is 34.2 Å². The molecular formula is C17H22ClF3N4. The third kappa shape index (κ3) is 4.54. The van der Waals surface area contributed by atoms with E-state index < -0.39 is 11.7 Å². The highest BCUT2D eigenvalue weighted by Crippen LogP contribution is 2.31. The van der Waals surface area contributed by atoms with Gasteiger partial charge in [-0.1, -0.05) is 19.1 Å². The topological polar surface area (TPSA) is 57.9 Å². The highest BCUT2D eigenvalue weighted by atomic mass is 35.5. The van der Waals surface area contributed by atoms with Crippen LogP contribution in [0, 0.1) is 5.92 Å². The van der Waals surface area contributed by atoms with E-state index in [1.807, 2.05) is 0 Å². The van der Waals surface area contributed by atoms with Crippen LogP contribution in [0.4, 0.5) is 13.2 Å². The van der Waals surface area contributed by atoms with Gasteiger partial charge >= 0.3 is 6.18 Å². The smallest absolute Gasteiger partial charge is 0.327 e. The molecule has 138 valence electrons. The predicted molar refractivity (Wildman–Crippen MR) is 93.3 cm³/mol. The summed E-state index contributed by atoms with van der Waals surface area (Å²) in [6.07, 6.45) is -1.63. The van der Waals surface area contributed by atoms with Crippen LogP contribution in [0.5, 0.6) is 0 Å². The maximum atomic E-state index is 12.7. The molecule has 4 nitrogen and oxygen atoms in total. The summed E-state index contributed by atoms with van der Waals surface area (Å²) in [5.41, 5.74) is 7.86. The molecule has 0 aliphatic carbocycles. The molecular weight excluding hydrogens is 353 g/mol. The molecule has 0 amide bonds. The van der Waals surface area contributed by atoms with Crippen LogP contribution in [0.3, 0.4) is 0 Å². The number of alkyl halides is 3. The maximum absolute atomic E-state index is 12.7. The lowest BCUT2D eigenvalue weighted by molar-refractivity contribution is -0.137. The minimum Gasteiger partial charge on any atom is -0.327 e. The minimum absolute atomic E-state index is 0. The molecule has 0 radical (unpaired) electrons. The van der Waals surface area contributed by atoms with Gasteiger partial charge in [-0.15, -0.1) is 12.4 Å². The van der Waals surface area contributed by atoms with E-state index in [4.69, 9.17) is 5.73 Å². The number of nitrogens with two attached hydrogens (primary N) is 1. The first kappa shape index (κ1) is 19.8. The first-order chi connectivity index (χ1) is 11.3. The second-order valence-corrected chi connectivity index (χ2v) is 6.51. The van der Waals surface area contributed by atoms with Crippen molar-refractivity contribution in [2.75, 3.05) is 13.1 Å². The molecule has 3 rings (SSSR count). The van der Waals surface area contributed by atoms with E-state index in [0.29, 0.717) is 18.0 Å². The zero-order chi connectivity index (χ0) is 17.3. The molecule has 1 aliphatic heterocycles. The van der Waals surface area contributed by atoms with Crippen molar-refractivity contribution < 1.29 is 13.2 Å². The highest BCUT2D eigenvalue weighted by molar-refractivity contribution is 5.85. The van der Waals surface area contributed by atoms with E-state index in [2.05, 4.69) is 22.0 Å². The van der Waals surface area contributed by atoms with Gasteiger partial charge < -0.3 is 5.73 Å². The van der Waals surface area contributed by atoms with Crippen LogP contribution >= 0.6 is 12.4 Å². The number of aromatic nitrogens is 2. The summed E-state index contributed by atoms with van der Waals surface area (Å²) < 4.78 is 38.0. The Morgan fingerprint density at radius 1 is 1.28 bits per heavy atom. The summed E-state index contributed by atoms with van der Waals surface area (Å²) in [6, 6.07) is 5.40. The molecule has 1 aromatic heterocycles. The second kappa shape index (κ2) is 7.76. The minimum atomic E-state index is -4.32. The Kier molecular flexibility index (Phi) is 6.13. The number of aromatic amines is 1. The first-order valence-corrected chi connectivity index (χ1v) is 8.02. The van der Waals surface area contributed by atoms with Crippen molar-refractivity contribution in [3.63, 3.8) is 0 Å². The number of nitrogens with one attached hydrogen (secondary N) is 1. The van der Waals surface area contributed by atoms with Crippen molar-refractivity contribution >= 4 is 12.4 Å². The van der Waals surface area contributed by atoms with E-state index >= 15 is 0 Å². The number of benzene rings is 1. The number of piperidine rings is 1. The summed E-state index contributed by atoms with van der Waals surface area (Å²) in [6.45, 7) is 4.69. The number of nitrogens with zero attached hydrogens (tertiary/aromatic N) is 2. The Morgan fingerprint density at radius 2 is 1.96 bits per heavy atom. The van der Waals surface area contributed by atoms with Gasteiger partial charge in [0.1, 0.15) is 0 Å². The predicted octanol–water partition coefficient (Wildman–Crippen LogP) is 3.69. The second-order valence-electron chi connectivity index (χ2n) is 6.51. The molecule has 2 unspecified atom stereocenters. The summed E-state index contributed by atoms with van der Waals surface area (Å²) in [4.78, 5) is 2.31. The third-order valence-corrected chi connectivity index (χ3v) is 4.67. The lowest BCUT2D eigenvalue weighted by Gasteiger charge is -2.35. The van der Waals surface area contributed by atoms with Crippen molar-refractivity contribution in [3.05, 3.63) is 41.6 Å². The van der Waals surface area contributed by atoms with E-state index in [1.165, 1.54) is 12.1 Å². The molecule has 1 aromatic carbocycles. The van der Waals surface area contributed by atoms with E-state index in [0.717, 1.165) is 42.9 Å². The van der Waals surface area contributed by atoms with Crippen LogP contribution in [0.25, 0.3) is 11.3 Å². The summed E-state index contributed by atoms with van der Waals surface area (Å²) >= 11 is 0. The van der Waals surface area contributed by atoms with Crippen LogP contribution in [0.2, 0.25) is 0 Å². The highest BCUT2D eigenvalue weighted by Gasteiger charge is 2.30. The largest absolute Gasteiger partial charge is 0.416 e. The Morgan fingerprint density at radius 3 is 2.56 bits per heavy atom. The number of likely N-dealkylation sites (tertiary alicyclic amines) is 1. The standard InChI is InChI=1S/C17H21F3N4.ClH/c1-11-9-24(7-6-15(11)21)10-13-8-22-23-16(13)12-2-4-14(5-3-12)17(18,19)20;/h2-5,8,11,15H,6-7,9-10,21H2,1H3,(H,22,23);1H. The molecule has 1 fully saturated rings. The van der Waals surface area contributed by atoms with Crippen molar-refractivity contribution in [1.29, 1.82) is 0 Å². The lowest BCUT2D eigenvalue weighted by Crippen LogP contribution is -2.45. The normalized spacial score (nSPS) is 21.8. The van der Waals surface area contributed by atoms with Gasteiger partial charge in [-0.3, -0.25) is 10.00 Å². The molecule has 1 saturated heterocycles. The molecule has 0 spiro atoms. The van der Waals surface area contributed by atoms with Gasteiger partial charge in [0.15, 0.2) is 0 Å². The van der Waals surface area contributed by atoms with E-state index in [1.54, 1.807) is 6.20 Å². The number of halogens is 4. The van der Waals surface area contributed by atoms with Gasteiger partial charge in [0, 0.05) is 24.7 Å². The fourth-order valence-electron chi connectivity index (χ4n) is 3.14. The lowest BCUT2D eigenvalue weighted by atomic mass is 9.94. The SMILES string of the molecule is CC1CN(Cc2cn[nH]c2-c2ccc(C(F)(F)F)cc2)CCC1N.Cl. The molecule has 25 heavy (non-hydrogen) atoms. The molecule has 0 bridgehead atoms. The summed E-state index contributed by atoms with van der Waals surface area (Å²) in [7, 11) is 0. The zero-order valence-corrected chi connectivity index (χ0v) is 14.7. The van der Waals surface area contributed by atoms with Gasteiger partial charge in [-0.05, 0) is 36.6 Å². The van der Waals surface area contributed by atoms with Crippen molar-refractivity contribution in [1.82, 2.24) is 15.1 Å². The summed E-state index contributed by atoms with van der Waals surface area (Å²) in [5, 5.41) is 6.98. The van der Waals surface area contributed by atoms with Crippen LogP contribution in [0.1, 0.15) is 24.5 Å². The third-order valence-electron chi connectivity index (χ3n) is 4.67. The van der Waals surface area contributed by atoms with E-state index in [-0.39, 0.29) is 18.4 Å². The number of rotatable bonds is 3. The van der Waals surface area contributed by atoms with Gasteiger partial charge in [-0.2, -0.15) is 18.3 Å². The average molecular weight is 375 g/mol. The van der Waals surface area contributed by atoms with Gasteiger partial charge in [0.25, 0.3) is 0 Å². The number of hydrogen-bond acceptors (Lipinski definition) is 3. The van der Waals surface area contributed by atoms with Gasteiger partial charge in [0.2, 0.25) is 0 Å². The van der Waals surface area contributed by atoms with Crippen LogP contribution in [-0.2, 0) is 12.7 Å². The quantitative estimate of drug-likeness (QED) is 0.861. The zero-order valence-electron chi connectivity index (χ0n) is 13.9. The summed E-state index contributed by atoms with van der Waals surface area (Å²) in [5.74, 6) is 0.431. The van der Waals surface area contributed by atoms with Crippen molar-refractivity contribution in [2.24, 2.45) is 11.7 Å². The maximum Gasteiger partial charge on any atom is 0.416 e. The monoisotopic (exact) mass is 374 g/mol. The first-order valence-electron chi connectivity index (χ1n) is 8.02. The fourth-order valence-corrected chi connectivity index (χ4v) is 3.14. The van der Waals surface area contributed by atoms with Gasteiger partial charge in [0.05, 0.1) is 17.5 Å². The van der Waals surface area contributed by atoms with Crippen LogP contribution in [0.15, 0.2) is 30.5 Å². The fraction of sp³-hybridized carbons (Fsp3) is 0.471. The molecule has 2 heterocycles. The Bertz CT molecular complexity index is 684. The van der Waals surface area contributed by atoms with Crippen molar-refractivity contribution in [3.8, 4) is 11.3 Å². The molecule has 8 heteroatoms. The Balaban J connectivity index is 0.00000225. The van der Waals surface area contributed by atoms with Gasteiger partial charge in [-0.25, -0.2) is 0 Å². The average Bonchev–Trinajstić information content (AvgIpc) is 2.98.